The lowest BCUT2D eigenvalue weighted by Crippen LogP contribution is -2.39. The molecule has 3 aromatic rings. The molecule has 1 heterocycles. The minimum Gasteiger partial charge on any atom is -0.355 e. The second-order valence-corrected chi connectivity index (χ2v) is 5.57. The van der Waals surface area contributed by atoms with E-state index in [1.807, 2.05) is 18.2 Å². The first kappa shape index (κ1) is 12.4. The summed E-state index contributed by atoms with van der Waals surface area (Å²) in [7, 11) is 0. The molecule has 0 bridgehead atoms. The van der Waals surface area contributed by atoms with Crippen LogP contribution in [0.4, 0.5) is 5.69 Å². The van der Waals surface area contributed by atoms with E-state index in [0.29, 0.717) is 0 Å². The Morgan fingerprint density at radius 1 is 1.05 bits per heavy atom. The lowest BCUT2D eigenvalue weighted by Gasteiger charge is -2.23. The Hall–Kier alpha value is -2.39. The Bertz CT molecular complexity index is 796. The van der Waals surface area contributed by atoms with Crippen molar-refractivity contribution in [2.75, 3.05) is 0 Å². The molecule has 3 N–H and O–H groups in total. The van der Waals surface area contributed by atoms with Crippen LogP contribution in [0.2, 0.25) is 0 Å². The van der Waals surface area contributed by atoms with Crippen LogP contribution in [-0.4, -0.2) is 16.7 Å². The van der Waals surface area contributed by atoms with Gasteiger partial charge in [0.25, 0.3) is 0 Å². The number of nitrogens with one attached hydrogen (secondary N) is 1. The summed E-state index contributed by atoms with van der Waals surface area (Å²) in [6.07, 6.45) is 2.08. The van der Waals surface area contributed by atoms with Gasteiger partial charge < -0.3 is 10.7 Å². The van der Waals surface area contributed by atoms with Crippen LogP contribution in [0.3, 0.4) is 0 Å². The van der Waals surface area contributed by atoms with Crippen molar-refractivity contribution in [1.82, 2.24) is 4.98 Å². The van der Waals surface area contributed by atoms with Crippen LogP contribution < -0.4 is 5.73 Å². The maximum Gasteiger partial charge on any atom is 0.0636 e. The van der Waals surface area contributed by atoms with Gasteiger partial charge in [0, 0.05) is 33.9 Å². The van der Waals surface area contributed by atoms with Crippen molar-refractivity contribution in [1.29, 1.82) is 0 Å². The highest BCUT2D eigenvalue weighted by Gasteiger charge is 2.21. The molecule has 3 heteroatoms. The average molecular weight is 275 g/mol. The lowest BCUT2D eigenvalue weighted by atomic mass is 9.91. The minimum absolute atomic E-state index is 0.154. The van der Waals surface area contributed by atoms with Crippen LogP contribution in [0.25, 0.3) is 22.2 Å². The molecular weight excluding hydrogens is 258 g/mol. The van der Waals surface area contributed by atoms with Gasteiger partial charge in [-0.1, -0.05) is 30.3 Å². The molecule has 2 aromatic carbocycles. The number of benzene rings is 2. The summed E-state index contributed by atoms with van der Waals surface area (Å²) in [5.41, 5.74) is 11.5. The van der Waals surface area contributed by atoms with E-state index in [2.05, 4.69) is 46.4 Å². The van der Waals surface area contributed by atoms with E-state index >= 15 is 0 Å². The van der Waals surface area contributed by atoms with Crippen LogP contribution in [0.15, 0.2) is 59.6 Å². The predicted octanol–water partition coefficient (Wildman–Crippen LogP) is 4.03. The van der Waals surface area contributed by atoms with E-state index in [1.54, 1.807) is 0 Å². The van der Waals surface area contributed by atoms with Crippen LogP contribution in [-0.2, 0) is 0 Å². The van der Waals surface area contributed by atoms with E-state index in [0.717, 1.165) is 41.0 Å². The summed E-state index contributed by atoms with van der Waals surface area (Å²) >= 11 is 0. The van der Waals surface area contributed by atoms with Gasteiger partial charge in [-0.25, -0.2) is 0 Å². The number of fused-ring (bicyclic) bond motifs is 1. The molecule has 1 aliphatic rings. The molecule has 21 heavy (non-hydrogen) atoms. The quantitative estimate of drug-likeness (QED) is 0.729. The molecule has 1 unspecified atom stereocenters. The van der Waals surface area contributed by atoms with Gasteiger partial charge in [0.2, 0.25) is 0 Å². The highest BCUT2D eigenvalue weighted by atomic mass is 14.8. The van der Waals surface area contributed by atoms with Crippen molar-refractivity contribution in [3.05, 3.63) is 54.6 Å². The summed E-state index contributed by atoms with van der Waals surface area (Å²) in [5, 5.41) is 1.23. The largest absolute Gasteiger partial charge is 0.355 e. The number of H-pyrrole nitrogens is 1. The molecule has 1 aromatic heterocycles. The lowest BCUT2D eigenvalue weighted by molar-refractivity contribution is 0.678. The van der Waals surface area contributed by atoms with Crippen LogP contribution >= 0.6 is 0 Å². The Morgan fingerprint density at radius 3 is 2.71 bits per heavy atom. The predicted molar refractivity (Wildman–Crippen MR) is 88.0 cm³/mol. The number of hydrogen-bond donors (Lipinski definition) is 2. The summed E-state index contributed by atoms with van der Waals surface area (Å²) in [4.78, 5) is 8.12. The van der Waals surface area contributed by atoms with E-state index in [4.69, 9.17) is 5.73 Å². The molecule has 0 spiro atoms. The summed E-state index contributed by atoms with van der Waals surface area (Å²) in [5.74, 6) is 0. The highest BCUT2D eigenvalue weighted by molar-refractivity contribution is 5.96. The number of rotatable bonds is 2. The maximum absolute atomic E-state index is 5.93. The number of aromatic amines is 1. The third-order valence-corrected chi connectivity index (χ3v) is 4.10. The monoisotopic (exact) mass is 275 g/mol. The number of para-hydroxylation sites is 1. The zero-order chi connectivity index (χ0) is 14.2. The number of aliphatic imine (C=N–C) groups is 1. The van der Waals surface area contributed by atoms with Crippen molar-refractivity contribution in [2.45, 2.75) is 18.9 Å². The number of hydrogen-bond acceptors (Lipinski definition) is 2. The Labute approximate surface area is 123 Å². The van der Waals surface area contributed by atoms with Crippen LogP contribution in [0.1, 0.15) is 12.8 Å². The molecule has 0 saturated heterocycles. The molecule has 1 fully saturated rings. The van der Waals surface area contributed by atoms with Crippen LogP contribution in [0, 0.1) is 0 Å². The van der Waals surface area contributed by atoms with E-state index < -0.39 is 0 Å². The highest BCUT2D eigenvalue weighted by Crippen LogP contribution is 2.28. The standard InChI is InChI=1S/C18H17N3/c19-15-8-9-17(15)20-14-6-3-5-12(10-14)18-11-13-4-1-2-7-16(13)21-18/h1-7,10-11,15,21H,8-9,19H2. The Kier molecular flexibility index (Phi) is 2.86. The molecule has 1 aliphatic carbocycles. The summed E-state index contributed by atoms with van der Waals surface area (Å²) < 4.78 is 0. The first-order valence-corrected chi connectivity index (χ1v) is 7.31. The fourth-order valence-electron chi connectivity index (χ4n) is 2.72. The zero-order valence-corrected chi connectivity index (χ0v) is 11.7. The van der Waals surface area contributed by atoms with Gasteiger partial charge in [-0.15, -0.1) is 0 Å². The molecule has 1 saturated carbocycles. The zero-order valence-electron chi connectivity index (χ0n) is 11.7. The van der Waals surface area contributed by atoms with Crippen molar-refractivity contribution >= 4 is 22.3 Å². The van der Waals surface area contributed by atoms with Crippen molar-refractivity contribution < 1.29 is 0 Å². The fourth-order valence-corrected chi connectivity index (χ4v) is 2.72. The summed E-state index contributed by atoms with van der Waals surface area (Å²) in [6, 6.07) is 18.9. The van der Waals surface area contributed by atoms with E-state index in [9.17, 15) is 0 Å². The van der Waals surface area contributed by atoms with Crippen molar-refractivity contribution in [2.24, 2.45) is 10.7 Å². The van der Waals surface area contributed by atoms with Gasteiger partial charge >= 0.3 is 0 Å². The molecule has 0 amide bonds. The van der Waals surface area contributed by atoms with Crippen LogP contribution in [0.5, 0.6) is 0 Å². The normalized spacial score (nSPS) is 19.9. The molecule has 1 atom stereocenters. The first-order valence-electron chi connectivity index (χ1n) is 7.31. The molecular formula is C18H17N3. The minimum atomic E-state index is 0.154. The number of nitrogens with two attached hydrogens (primary N) is 1. The van der Waals surface area contributed by atoms with Gasteiger partial charge in [0.1, 0.15) is 0 Å². The average Bonchev–Trinajstić information content (AvgIpc) is 2.95. The second-order valence-electron chi connectivity index (χ2n) is 5.57. The maximum atomic E-state index is 5.93. The third-order valence-electron chi connectivity index (χ3n) is 4.10. The Balaban J connectivity index is 1.73. The van der Waals surface area contributed by atoms with E-state index in [-0.39, 0.29) is 6.04 Å². The van der Waals surface area contributed by atoms with Gasteiger partial charge in [0.05, 0.1) is 5.69 Å². The molecule has 4 rings (SSSR count). The molecule has 0 radical (unpaired) electrons. The second kappa shape index (κ2) is 4.86. The van der Waals surface area contributed by atoms with Crippen molar-refractivity contribution in [3.8, 4) is 11.3 Å². The third kappa shape index (κ3) is 2.26. The number of aromatic nitrogens is 1. The summed E-state index contributed by atoms with van der Waals surface area (Å²) in [6.45, 7) is 0. The molecule has 0 aliphatic heterocycles. The smallest absolute Gasteiger partial charge is 0.0636 e. The Morgan fingerprint density at radius 2 is 1.95 bits per heavy atom. The van der Waals surface area contributed by atoms with Gasteiger partial charge in [0.15, 0.2) is 0 Å². The number of nitrogens with zero attached hydrogens (tertiary/aromatic N) is 1. The fraction of sp³-hybridized carbons (Fsp3) is 0.167. The first-order chi connectivity index (χ1) is 10.3. The molecule has 104 valence electrons. The van der Waals surface area contributed by atoms with Gasteiger partial charge in [-0.05, 0) is 37.1 Å². The molecule has 3 nitrogen and oxygen atoms in total. The topological polar surface area (TPSA) is 54.2 Å². The van der Waals surface area contributed by atoms with E-state index in [1.165, 1.54) is 5.39 Å². The SMILES string of the molecule is NC1CCC1=Nc1cccc(-c2cc3ccccc3[nH]2)c1. The van der Waals surface area contributed by atoms with Gasteiger partial charge in [-0.3, -0.25) is 4.99 Å². The van der Waals surface area contributed by atoms with Crippen molar-refractivity contribution in [3.63, 3.8) is 0 Å². The van der Waals surface area contributed by atoms with Gasteiger partial charge in [-0.2, -0.15) is 0 Å².